The lowest BCUT2D eigenvalue weighted by Gasteiger charge is -2.16. The molecule has 1 amide bonds. The predicted molar refractivity (Wildman–Crippen MR) is 94.8 cm³/mol. The zero-order chi connectivity index (χ0) is 17.9. The summed E-state index contributed by atoms with van der Waals surface area (Å²) in [6.45, 7) is 1.87. The second-order valence-electron chi connectivity index (χ2n) is 6.28. The van der Waals surface area contributed by atoms with E-state index in [1.165, 1.54) is 11.1 Å². The maximum atomic E-state index is 12.8. The fraction of sp³-hybridized carbons (Fsp3) is 0.250. The monoisotopic (exact) mass is 349 g/mol. The molecule has 6 heteroatoms. The van der Waals surface area contributed by atoms with E-state index >= 15 is 0 Å². The molecule has 1 aliphatic carbocycles. The number of hydrogen-bond donors (Lipinski definition) is 1. The quantitative estimate of drug-likeness (QED) is 0.764. The van der Waals surface area contributed by atoms with Gasteiger partial charge in [0, 0.05) is 6.92 Å². The van der Waals surface area contributed by atoms with Crippen LogP contribution in [-0.2, 0) is 13.0 Å². The standard InChI is InChI=1S/C20H19N3O3/c1-13-21-19(23-26-13)12-25-18-9-5-4-8-16(18)20(24)22-17-11-10-14-6-2-3-7-15(14)17/h2-9,17H,10-12H2,1H3,(H,22,24)/t17-/m1/s1. The Balaban J connectivity index is 1.48. The third-order valence-corrected chi connectivity index (χ3v) is 4.50. The highest BCUT2D eigenvalue weighted by atomic mass is 16.5. The Morgan fingerprint density at radius 1 is 1.23 bits per heavy atom. The molecule has 0 radical (unpaired) electrons. The van der Waals surface area contributed by atoms with Gasteiger partial charge in [-0.25, -0.2) is 0 Å². The average molecular weight is 349 g/mol. The van der Waals surface area contributed by atoms with Crippen LogP contribution in [0.5, 0.6) is 5.75 Å². The number of carbonyl (C=O) groups excluding carboxylic acids is 1. The summed E-state index contributed by atoms with van der Waals surface area (Å²) in [6.07, 6.45) is 1.90. The van der Waals surface area contributed by atoms with Crippen LogP contribution in [0.3, 0.4) is 0 Å². The van der Waals surface area contributed by atoms with E-state index in [4.69, 9.17) is 9.26 Å². The molecule has 4 rings (SSSR count). The molecule has 1 heterocycles. The number of amides is 1. The highest BCUT2D eigenvalue weighted by Gasteiger charge is 2.24. The van der Waals surface area contributed by atoms with Crippen molar-refractivity contribution in [1.82, 2.24) is 15.5 Å². The van der Waals surface area contributed by atoms with Gasteiger partial charge in [0.2, 0.25) is 11.7 Å². The van der Waals surface area contributed by atoms with Gasteiger partial charge in [-0.1, -0.05) is 41.6 Å². The molecule has 0 bridgehead atoms. The van der Waals surface area contributed by atoms with Crippen molar-refractivity contribution in [2.24, 2.45) is 0 Å². The van der Waals surface area contributed by atoms with E-state index in [0.29, 0.717) is 23.0 Å². The molecule has 1 aliphatic rings. The van der Waals surface area contributed by atoms with Gasteiger partial charge in [-0.2, -0.15) is 4.98 Å². The summed E-state index contributed by atoms with van der Waals surface area (Å²) >= 11 is 0. The van der Waals surface area contributed by atoms with E-state index in [9.17, 15) is 4.79 Å². The van der Waals surface area contributed by atoms with Crippen LogP contribution in [-0.4, -0.2) is 16.0 Å². The number of hydrogen-bond acceptors (Lipinski definition) is 5. The molecular weight excluding hydrogens is 330 g/mol. The lowest BCUT2D eigenvalue weighted by molar-refractivity contribution is 0.0932. The van der Waals surface area contributed by atoms with Crippen molar-refractivity contribution in [1.29, 1.82) is 0 Å². The minimum atomic E-state index is -0.147. The first-order valence-electron chi connectivity index (χ1n) is 8.60. The van der Waals surface area contributed by atoms with Gasteiger partial charge in [0.1, 0.15) is 5.75 Å². The third kappa shape index (κ3) is 3.31. The van der Waals surface area contributed by atoms with Crippen LogP contribution in [0, 0.1) is 6.92 Å². The Hall–Kier alpha value is -3.15. The summed E-state index contributed by atoms with van der Waals surface area (Å²) in [7, 11) is 0. The van der Waals surface area contributed by atoms with Crippen molar-refractivity contribution in [2.75, 3.05) is 0 Å². The summed E-state index contributed by atoms with van der Waals surface area (Å²) in [4.78, 5) is 16.9. The Kier molecular flexibility index (Phi) is 4.39. The van der Waals surface area contributed by atoms with Crippen LogP contribution in [0.2, 0.25) is 0 Å². The van der Waals surface area contributed by atoms with Crippen LogP contribution in [0.4, 0.5) is 0 Å². The molecule has 0 saturated carbocycles. The predicted octanol–water partition coefficient (Wildman–Crippen LogP) is 3.37. The van der Waals surface area contributed by atoms with Crippen LogP contribution in [0.1, 0.15) is 45.7 Å². The van der Waals surface area contributed by atoms with Crippen LogP contribution in [0.15, 0.2) is 53.1 Å². The van der Waals surface area contributed by atoms with Gasteiger partial charge in [0.05, 0.1) is 11.6 Å². The summed E-state index contributed by atoms with van der Waals surface area (Å²) in [5.74, 6) is 1.28. The first-order valence-corrected chi connectivity index (χ1v) is 8.60. The van der Waals surface area contributed by atoms with Gasteiger partial charge in [0.25, 0.3) is 5.91 Å². The first-order chi connectivity index (χ1) is 12.7. The van der Waals surface area contributed by atoms with Gasteiger partial charge in [0.15, 0.2) is 6.61 Å². The average Bonchev–Trinajstić information content (AvgIpc) is 3.27. The molecule has 1 N–H and O–H groups in total. The Morgan fingerprint density at radius 3 is 2.88 bits per heavy atom. The third-order valence-electron chi connectivity index (χ3n) is 4.50. The van der Waals surface area contributed by atoms with E-state index < -0.39 is 0 Å². The zero-order valence-corrected chi connectivity index (χ0v) is 14.4. The van der Waals surface area contributed by atoms with Crippen LogP contribution < -0.4 is 10.1 Å². The number of para-hydroxylation sites is 1. The number of carbonyl (C=O) groups is 1. The van der Waals surface area contributed by atoms with Gasteiger partial charge >= 0.3 is 0 Å². The van der Waals surface area contributed by atoms with Crippen molar-refractivity contribution in [3.63, 3.8) is 0 Å². The first kappa shape index (κ1) is 16.3. The fourth-order valence-electron chi connectivity index (χ4n) is 3.27. The SMILES string of the molecule is Cc1nc(COc2ccccc2C(=O)N[C@@H]2CCc3ccccc32)no1. The highest BCUT2D eigenvalue weighted by Crippen LogP contribution is 2.31. The lowest BCUT2D eigenvalue weighted by Crippen LogP contribution is -2.27. The molecule has 26 heavy (non-hydrogen) atoms. The number of fused-ring (bicyclic) bond motifs is 1. The molecule has 1 aromatic heterocycles. The fourth-order valence-corrected chi connectivity index (χ4v) is 3.27. The van der Waals surface area contributed by atoms with Crippen LogP contribution in [0.25, 0.3) is 0 Å². The van der Waals surface area contributed by atoms with E-state index in [0.717, 1.165) is 12.8 Å². The number of ether oxygens (including phenoxy) is 1. The maximum Gasteiger partial charge on any atom is 0.255 e. The summed E-state index contributed by atoms with van der Waals surface area (Å²) in [5.41, 5.74) is 2.99. The number of aromatic nitrogens is 2. The molecule has 0 aliphatic heterocycles. The van der Waals surface area contributed by atoms with E-state index in [2.05, 4.69) is 27.6 Å². The molecular formula is C20H19N3O3. The lowest BCUT2D eigenvalue weighted by atomic mass is 10.1. The largest absolute Gasteiger partial charge is 0.485 e. The number of rotatable bonds is 5. The molecule has 0 fully saturated rings. The number of aryl methyl sites for hydroxylation is 2. The van der Waals surface area contributed by atoms with Crippen molar-refractivity contribution in [2.45, 2.75) is 32.4 Å². The molecule has 2 aromatic carbocycles. The zero-order valence-electron chi connectivity index (χ0n) is 14.4. The summed E-state index contributed by atoms with van der Waals surface area (Å²) in [6, 6.07) is 15.4. The number of nitrogens with one attached hydrogen (secondary N) is 1. The Labute approximate surface area is 151 Å². The Bertz CT molecular complexity index is 935. The molecule has 0 unspecified atom stereocenters. The second-order valence-corrected chi connectivity index (χ2v) is 6.28. The minimum Gasteiger partial charge on any atom is -0.485 e. The summed E-state index contributed by atoms with van der Waals surface area (Å²) < 4.78 is 10.7. The minimum absolute atomic E-state index is 0.0339. The van der Waals surface area contributed by atoms with Crippen molar-refractivity contribution < 1.29 is 14.1 Å². The second kappa shape index (κ2) is 7.00. The van der Waals surface area contributed by atoms with Gasteiger partial charge < -0.3 is 14.6 Å². The number of benzene rings is 2. The normalized spacial score (nSPS) is 15.5. The van der Waals surface area contributed by atoms with Crippen molar-refractivity contribution in [3.8, 4) is 5.75 Å². The maximum absolute atomic E-state index is 12.8. The van der Waals surface area contributed by atoms with E-state index in [-0.39, 0.29) is 18.6 Å². The molecule has 0 spiro atoms. The van der Waals surface area contributed by atoms with E-state index in [1.54, 1.807) is 19.1 Å². The molecule has 132 valence electrons. The molecule has 3 aromatic rings. The van der Waals surface area contributed by atoms with E-state index in [1.807, 2.05) is 24.3 Å². The molecule has 0 saturated heterocycles. The van der Waals surface area contributed by atoms with Gasteiger partial charge in [-0.05, 0) is 36.1 Å². The number of nitrogens with zero attached hydrogens (tertiary/aromatic N) is 2. The van der Waals surface area contributed by atoms with Crippen LogP contribution >= 0.6 is 0 Å². The van der Waals surface area contributed by atoms with Crippen molar-refractivity contribution in [3.05, 3.63) is 76.9 Å². The Morgan fingerprint density at radius 2 is 2.04 bits per heavy atom. The molecule has 1 atom stereocenters. The molecule has 6 nitrogen and oxygen atoms in total. The topological polar surface area (TPSA) is 77.2 Å². The van der Waals surface area contributed by atoms with Gasteiger partial charge in [-0.3, -0.25) is 4.79 Å². The smallest absolute Gasteiger partial charge is 0.255 e. The van der Waals surface area contributed by atoms with Gasteiger partial charge in [-0.15, -0.1) is 0 Å². The van der Waals surface area contributed by atoms with Crippen molar-refractivity contribution >= 4 is 5.91 Å². The highest BCUT2D eigenvalue weighted by molar-refractivity contribution is 5.97. The summed E-state index contributed by atoms with van der Waals surface area (Å²) in [5, 5.41) is 6.93.